The van der Waals surface area contributed by atoms with Crippen LogP contribution in [0.2, 0.25) is 0 Å². The number of unbranched alkanes of at least 4 members (excludes halogenated alkanes) is 5. The molecule has 0 unspecified atom stereocenters. The molecule has 0 aromatic heterocycles. The zero-order chi connectivity index (χ0) is 17.9. The average Bonchev–Trinajstić information content (AvgIpc) is 2.61. The van der Waals surface area contributed by atoms with Crippen molar-refractivity contribution in [2.24, 2.45) is 10.2 Å². The molecule has 2 aromatic rings. The van der Waals surface area contributed by atoms with Crippen LogP contribution in [0.1, 0.15) is 51.0 Å². The normalized spacial score (nSPS) is 11.1. The van der Waals surface area contributed by atoms with Crippen molar-refractivity contribution in [3.63, 3.8) is 0 Å². The van der Waals surface area contributed by atoms with Crippen molar-refractivity contribution < 1.29 is 9.84 Å². The summed E-state index contributed by atoms with van der Waals surface area (Å²) >= 11 is 0. The fourth-order valence-corrected chi connectivity index (χ4v) is 2.47. The minimum atomic E-state index is 0.0799. The summed E-state index contributed by atoms with van der Waals surface area (Å²) in [4.78, 5) is 0. The number of rotatable bonds is 10. The Morgan fingerprint density at radius 1 is 0.880 bits per heavy atom. The first-order valence-electron chi connectivity index (χ1n) is 9.13. The molecule has 0 spiro atoms. The number of hydrogen-bond donors (Lipinski definition) is 1. The molecule has 0 saturated heterocycles. The molecule has 2 aromatic carbocycles. The van der Waals surface area contributed by atoms with Gasteiger partial charge in [-0.3, -0.25) is 0 Å². The Balaban J connectivity index is 1.80. The number of aromatic hydroxyl groups is 1. The molecule has 4 nitrogen and oxygen atoms in total. The lowest BCUT2D eigenvalue weighted by Gasteiger charge is -2.07. The van der Waals surface area contributed by atoms with Gasteiger partial charge >= 0.3 is 0 Å². The van der Waals surface area contributed by atoms with Crippen LogP contribution < -0.4 is 4.74 Å². The quantitative estimate of drug-likeness (QED) is 0.379. The molecule has 0 aliphatic carbocycles. The number of ether oxygens (including phenoxy) is 1. The second kappa shape index (κ2) is 10.5. The molecule has 0 atom stereocenters. The minimum absolute atomic E-state index is 0.0799. The third-order valence-corrected chi connectivity index (χ3v) is 4.02. The van der Waals surface area contributed by atoms with Gasteiger partial charge in [0, 0.05) is 6.07 Å². The van der Waals surface area contributed by atoms with E-state index in [-0.39, 0.29) is 5.75 Å². The molecule has 0 heterocycles. The fourth-order valence-electron chi connectivity index (χ4n) is 2.47. The SMILES string of the molecule is CCCCCCCCOc1ccc(N=Nc2ccc(C)cc2)c(O)c1. The van der Waals surface area contributed by atoms with Crippen LogP contribution in [0, 0.1) is 6.92 Å². The highest BCUT2D eigenvalue weighted by atomic mass is 16.5. The summed E-state index contributed by atoms with van der Waals surface area (Å²) in [5.41, 5.74) is 2.37. The number of hydrogen-bond acceptors (Lipinski definition) is 4. The molecule has 0 fully saturated rings. The van der Waals surface area contributed by atoms with Gasteiger partial charge in [-0.2, -0.15) is 5.11 Å². The lowest BCUT2D eigenvalue weighted by molar-refractivity contribution is 0.303. The van der Waals surface area contributed by atoms with Gasteiger partial charge < -0.3 is 9.84 Å². The molecule has 0 aliphatic heterocycles. The van der Waals surface area contributed by atoms with Gasteiger partial charge in [-0.1, -0.05) is 56.7 Å². The Labute approximate surface area is 150 Å². The van der Waals surface area contributed by atoms with Crippen molar-refractivity contribution in [2.75, 3.05) is 6.61 Å². The third kappa shape index (κ3) is 6.96. The second-order valence-electron chi connectivity index (χ2n) is 6.30. The molecule has 0 radical (unpaired) electrons. The Hall–Kier alpha value is -2.36. The van der Waals surface area contributed by atoms with Crippen molar-refractivity contribution in [1.29, 1.82) is 0 Å². The molecule has 25 heavy (non-hydrogen) atoms. The van der Waals surface area contributed by atoms with E-state index in [4.69, 9.17) is 4.74 Å². The Morgan fingerprint density at radius 3 is 2.32 bits per heavy atom. The maximum Gasteiger partial charge on any atom is 0.146 e. The van der Waals surface area contributed by atoms with Crippen molar-refractivity contribution in [3.05, 3.63) is 48.0 Å². The lowest BCUT2D eigenvalue weighted by Crippen LogP contribution is -1.97. The fraction of sp³-hybridized carbons (Fsp3) is 0.429. The number of nitrogens with zero attached hydrogens (tertiary/aromatic N) is 2. The van der Waals surface area contributed by atoms with Crippen LogP contribution in [-0.4, -0.2) is 11.7 Å². The maximum atomic E-state index is 10.1. The first-order valence-corrected chi connectivity index (χ1v) is 9.13. The topological polar surface area (TPSA) is 54.2 Å². The van der Waals surface area contributed by atoms with Crippen LogP contribution in [0.3, 0.4) is 0 Å². The third-order valence-electron chi connectivity index (χ3n) is 4.02. The largest absolute Gasteiger partial charge is 0.505 e. The Bertz CT molecular complexity index is 666. The highest BCUT2D eigenvalue weighted by molar-refractivity contribution is 5.54. The predicted molar refractivity (Wildman–Crippen MR) is 102 cm³/mol. The highest BCUT2D eigenvalue weighted by Crippen LogP contribution is 2.32. The van der Waals surface area contributed by atoms with E-state index < -0.39 is 0 Å². The van der Waals surface area contributed by atoms with E-state index >= 15 is 0 Å². The first kappa shape index (κ1) is 19.0. The second-order valence-corrected chi connectivity index (χ2v) is 6.30. The number of benzene rings is 2. The summed E-state index contributed by atoms with van der Waals surface area (Å²) in [5, 5.41) is 18.3. The highest BCUT2D eigenvalue weighted by Gasteiger charge is 2.03. The molecule has 0 aliphatic rings. The van der Waals surface area contributed by atoms with Crippen LogP contribution in [0.4, 0.5) is 11.4 Å². The number of phenols is 1. The summed E-state index contributed by atoms with van der Waals surface area (Å²) in [6.07, 6.45) is 7.38. The predicted octanol–water partition coefficient (Wildman–Crippen LogP) is 6.86. The van der Waals surface area contributed by atoms with Gasteiger partial charge in [0.25, 0.3) is 0 Å². The monoisotopic (exact) mass is 340 g/mol. The van der Waals surface area contributed by atoms with Crippen molar-refractivity contribution in [2.45, 2.75) is 52.4 Å². The number of aryl methyl sites for hydroxylation is 1. The van der Waals surface area contributed by atoms with E-state index in [1.165, 1.54) is 37.7 Å². The van der Waals surface area contributed by atoms with E-state index in [0.717, 1.165) is 12.1 Å². The van der Waals surface area contributed by atoms with Crippen LogP contribution in [0.5, 0.6) is 11.5 Å². The van der Waals surface area contributed by atoms with Crippen molar-refractivity contribution >= 4 is 11.4 Å². The van der Waals surface area contributed by atoms with E-state index in [9.17, 15) is 5.11 Å². The van der Waals surface area contributed by atoms with Crippen LogP contribution in [0.15, 0.2) is 52.7 Å². The Kier molecular flexibility index (Phi) is 7.96. The van der Waals surface area contributed by atoms with Crippen LogP contribution in [0.25, 0.3) is 0 Å². The van der Waals surface area contributed by atoms with Crippen LogP contribution in [-0.2, 0) is 0 Å². The van der Waals surface area contributed by atoms with Gasteiger partial charge in [-0.15, -0.1) is 5.11 Å². The first-order chi connectivity index (χ1) is 12.2. The van der Waals surface area contributed by atoms with Gasteiger partial charge in [-0.25, -0.2) is 0 Å². The molecule has 0 amide bonds. The van der Waals surface area contributed by atoms with Crippen molar-refractivity contribution in [3.8, 4) is 11.5 Å². The molecular weight excluding hydrogens is 312 g/mol. The smallest absolute Gasteiger partial charge is 0.146 e. The van der Waals surface area contributed by atoms with Crippen LogP contribution >= 0.6 is 0 Å². The molecule has 0 bridgehead atoms. The maximum absolute atomic E-state index is 10.1. The molecule has 1 N–H and O–H groups in total. The van der Waals surface area contributed by atoms with Gasteiger partial charge in [0.05, 0.1) is 12.3 Å². The summed E-state index contributed by atoms with van der Waals surface area (Å²) in [6, 6.07) is 12.9. The summed E-state index contributed by atoms with van der Waals surface area (Å²) in [5.74, 6) is 0.747. The minimum Gasteiger partial charge on any atom is -0.505 e. The molecule has 0 saturated carbocycles. The Morgan fingerprint density at radius 2 is 1.60 bits per heavy atom. The average molecular weight is 340 g/mol. The standard InChI is InChI=1S/C21H28N2O2/c1-3-4-5-6-7-8-15-25-19-13-14-20(21(24)16-19)23-22-18-11-9-17(2)10-12-18/h9-14,16,24H,3-8,15H2,1-2H3. The van der Waals surface area contributed by atoms with Gasteiger partial charge in [0.2, 0.25) is 0 Å². The lowest BCUT2D eigenvalue weighted by atomic mass is 10.1. The number of phenolic OH excluding ortho intramolecular Hbond substituents is 1. The summed E-state index contributed by atoms with van der Waals surface area (Å²) in [7, 11) is 0. The van der Waals surface area contributed by atoms with E-state index in [2.05, 4.69) is 17.2 Å². The van der Waals surface area contributed by atoms with E-state index in [1.807, 2.05) is 37.3 Å². The van der Waals surface area contributed by atoms with E-state index in [1.54, 1.807) is 12.1 Å². The summed E-state index contributed by atoms with van der Waals surface area (Å²) in [6.45, 7) is 4.92. The zero-order valence-corrected chi connectivity index (χ0v) is 15.2. The number of azo groups is 1. The van der Waals surface area contributed by atoms with Gasteiger partial charge in [-0.05, 0) is 37.6 Å². The zero-order valence-electron chi connectivity index (χ0n) is 15.2. The molecule has 4 heteroatoms. The van der Waals surface area contributed by atoms with Gasteiger partial charge in [0.15, 0.2) is 0 Å². The molecule has 134 valence electrons. The summed E-state index contributed by atoms with van der Waals surface area (Å²) < 4.78 is 5.69. The van der Waals surface area contributed by atoms with Crippen molar-refractivity contribution in [1.82, 2.24) is 0 Å². The molecule has 2 rings (SSSR count). The van der Waals surface area contributed by atoms with E-state index in [0.29, 0.717) is 18.0 Å². The molecular formula is C21H28N2O2. The van der Waals surface area contributed by atoms with Gasteiger partial charge in [0.1, 0.15) is 17.2 Å².